The largest absolute Gasteiger partial charge is 0.420 e. The number of nitrogens with one attached hydrogen (secondary N) is 1. The first kappa shape index (κ1) is 21.5. The maximum absolute atomic E-state index is 12.9. The van der Waals surface area contributed by atoms with Crippen molar-refractivity contribution in [1.29, 1.82) is 0 Å². The Hall–Kier alpha value is -3.74. The molecule has 0 aliphatic heterocycles. The molecule has 0 spiro atoms. The number of hydrogen-bond donors (Lipinski definition) is 1. The van der Waals surface area contributed by atoms with Crippen LogP contribution in [0.15, 0.2) is 65.1 Å². The lowest BCUT2D eigenvalue weighted by molar-refractivity contribution is 0.0940. The fourth-order valence-corrected chi connectivity index (χ4v) is 3.50. The molecular formula is C25H27N5O2. The minimum atomic E-state index is -0.194. The van der Waals surface area contributed by atoms with Gasteiger partial charge in [0.2, 0.25) is 5.89 Å². The summed E-state index contributed by atoms with van der Waals surface area (Å²) in [6.45, 7) is 10.1. The van der Waals surface area contributed by atoms with E-state index in [1.165, 1.54) is 0 Å². The molecule has 0 unspecified atom stereocenters. The molecule has 7 heteroatoms. The van der Waals surface area contributed by atoms with Crippen molar-refractivity contribution in [2.24, 2.45) is 0 Å². The van der Waals surface area contributed by atoms with Crippen molar-refractivity contribution in [3.8, 4) is 17.3 Å². The highest BCUT2D eigenvalue weighted by atomic mass is 16.4. The second kappa shape index (κ2) is 8.42. The van der Waals surface area contributed by atoms with Gasteiger partial charge in [0, 0.05) is 17.9 Å². The summed E-state index contributed by atoms with van der Waals surface area (Å²) in [5, 5.41) is 15.8. The molecule has 4 rings (SSSR count). The van der Waals surface area contributed by atoms with Crippen LogP contribution in [0.3, 0.4) is 0 Å². The molecule has 2 heterocycles. The Kier molecular flexibility index (Phi) is 5.65. The summed E-state index contributed by atoms with van der Waals surface area (Å²) in [5.41, 5.74) is 3.79. The van der Waals surface area contributed by atoms with Gasteiger partial charge in [-0.1, -0.05) is 57.2 Å². The predicted octanol–water partition coefficient (Wildman–Crippen LogP) is 5.02. The average Bonchev–Trinajstić information content (AvgIpc) is 3.41. The van der Waals surface area contributed by atoms with E-state index < -0.39 is 0 Å². The Morgan fingerprint density at radius 1 is 1.03 bits per heavy atom. The molecule has 1 atom stereocenters. The molecular weight excluding hydrogens is 402 g/mol. The number of amides is 1. The van der Waals surface area contributed by atoms with Crippen LogP contribution >= 0.6 is 0 Å². The van der Waals surface area contributed by atoms with E-state index >= 15 is 0 Å². The minimum absolute atomic E-state index is 0.102. The number of aromatic nitrogens is 4. The fourth-order valence-electron chi connectivity index (χ4n) is 3.50. The first-order chi connectivity index (χ1) is 15.2. The van der Waals surface area contributed by atoms with Crippen LogP contribution in [0.25, 0.3) is 17.3 Å². The summed E-state index contributed by atoms with van der Waals surface area (Å²) >= 11 is 0. The van der Waals surface area contributed by atoms with Crippen molar-refractivity contribution in [2.45, 2.75) is 46.1 Å². The zero-order chi connectivity index (χ0) is 22.9. The number of benzene rings is 2. The third-order valence-corrected chi connectivity index (χ3v) is 5.22. The summed E-state index contributed by atoms with van der Waals surface area (Å²) < 4.78 is 7.41. The molecule has 164 valence electrons. The van der Waals surface area contributed by atoms with E-state index in [1.54, 1.807) is 13.0 Å². The molecule has 0 fully saturated rings. The third kappa shape index (κ3) is 4.46. The van der Waals surface area contributed by atoms with Crippen molar-refractivity contribution in [3.05, 3.63) is 83.4 Å². The van der Waals surface area contributed by atoms with Crippen LogP contribution in [0.5, 0.6) is 0 Å². The zero-order valence-electron chi connectivity index (χ0n) is 19.0. The molecule has 0 aliphatic carbocycles. The molecule has 7 nitrogen and oxygen atoms in total. The Balaban J connectivity index is 1.67. The summed E-state index contributed by atoms with van der Waals surface area (Å²) in [7, 11) is 0. The van der Waals surface area contributed by atoms with Gasteiger partial charge in [-0.25, -0.2) is 4.68 Å². The molecule has 1 amide bonds. The Bertz CT molecular complexity index is 1230. The van der Waals surface area contributed by atoms with Crippen LogP contribution in [-0.4, -0.2) is 25.9 Å². The average molecular weight is 430 g/mol. The number of carbonyl (C=O) groups is 1. The van der Waals surface area contributed by atoms with Gasteiger partial charge in [0.15, 0.2) is 0 Å². The maximum Gasteiger partial charge on any atom is 0.268 e. The van der Waals surface area contributed by atoms with E-state index in [4.69, 9.17) is 9.52 Å². The highest BCUT2D eigenvalue weighted by molar-refractivity contribution is 5.95. The Labute approximate surface area is 187 Å². The van der Waals surface area contributed by atoms with Gasteiger partial charge in [0.1, 0.15) is 5.69 Å². The number of hydrogen-bond acceptors (Lipinski definition) is 5. The molecule has 2 aromatic heterocycles. The molecule has 1 N–H and O–H groups in total. The fraction of sp³-hybridized carbons (Fsp3) is 0.280. The van der Waals surface area contributed by atoms with Crippen LogP contribution in [0.4, 0.5) is 0 Å². The smallest absolute Gasteiger partial charge is 0.268 e. The van der Waals surface area contributed by atoms with Gasteiger partial charge in [-0.3, -0.25) is 4.79 Å². The molecule has 2 aromatic carbocycles. The summed E-state index contributed by atoms with van der Waals surface area (Å²) in [4.78, 5) is 12.9. The summed E-state index contributed by atoms with van der Waals surface area (Å²) in [5.74, 6) is 0.718. The van der Waals surface area contributed by atoms with Crippen LogP contribution < -0.4 is 5.32 Å². The molecule has 0 radical (unpaired) electrons. The first-order valence-electron chi connectivity index (χ1n) is 10.6. The van der Waals surface area contributed by atoms with Crippen molar-refractivity contribution in [2.75, 3.05) is 0 Å². The highest BCUT2D eigenvalue weighted by Crippen LogP contribution is 2.29. The third-order valence-electron chi connectivity index (χ3n) is 5.22. The van der Waals surface area contributed by atoms with E-state index in [0.29, 0.717) is 23.0 Å². The van der Waals surface area contributed by atoms with Gasteiger partial charge in [-0.05, 0) is 36.8 Å². The monoisotopic (exact) mass is 429 g/mol. The normalized spacial score (nSPS) is 12.5. The lowest BCUT2D eigenvalue weighted by Crippen LogP contribution is -2.26. The number of rotatable bonds is 5. The van der Waals surface area contributed by atoms with Gasteiger partial charge >= 0.3 is 0 Å². The first-order valence-corrected chi connectivity index (χ1v) is 10.6. The molecule has 32 heavy (non-hydrogen) atoms. The topological polar surface area (TPSA) is 85.8 Å². The van der Waals surface area contributed by atoms with Crippen molar-refractivity contribution in [1.82, 2.24) is 25.3 Å². The SMILES string of the molecule is Cc1nnc(-c2cc(C(C)(C)C)n(-c3cccc(C(=O)N[C@H](C)c4ccccc4)c3)n2)o1. The molecule has 0 aliphatic rings. The molecule has 0 saturated heterocycles. The lowest BCUT2D eigenvalue weighted by Gasteiger charge is -2.20. The molecule has 4 aromatic rings. The van der Waals surface area contributed by atoms with Crippen LogP contribution in [0.1, 0.15) is 61.2 Å². The predicted molar refractivity (Wildman–Crippen MR) is 123 cm³/mol. The Morgan fingerprint density at radius 2 is 1.78 bits per heavy atom. The maximum atomic E-state index is 12.9. The van der Waals surface area contributed by atoms with Crippen molar-refractivity contribution >= 4 is 5.91 Å². The van der Waals surface area contributed by atoms with E-state index in [9.17, 15) is 4.79 Å². The van der Waals surface area contributed by atoms with Crippen LogP contribution in [0, 0.1) is 6.92 Å². The minimum Gasteiger partial charge on any atom is -0.420 e. The second-order valence-electron chi connectivity index (χ2n) is 8.86. The van der Waals surface area contributed by atoms with Gasteiger partial charge < -0.3 is 9.73 Å². The quantitative estimate of drug-likeness (QED) is 0.481. The van der Waals surface area contributed by atoms with Gasteiger partial charge in [-0.2, -0.15) is 5.10 Å². The lowest BCUT2D eigenvalue weighted by atomic mass is 9.91. The van der Waals surface area contributed by atoms with Gasteiger partial charge in [0.05, 0.1) is 17.4 Å². The second-order valence-corrected chi connectivity index (χ2v) is 8.86. The zero-order valence-corrected chi connectivity index (χ0v) is 19.0. The van der Waals surface area contributed by atoms with Crippen LogP contribution in [-0.2, 0) is 5.41 Å². The van der Waals surface area contributed by atoms with Crippen molar-refractivity contribution < 1.29 is 9.21 Å². The van der Waals surface area contributed by atoms with Gasteiger partial charge in [-0.15, -0.1) is 10.2 Å². The van der Waals surface area contributed by atoms with E-state index in [1.807, 2.05) is 66.2 Å². The van der Waals surface area contributed by atoms with E-state index in [0.717, 1.165) is 16.9 Å². The number of nitrogens with zero attached hydrogens (tertiary/aromatic N) is 4. The van der Waals surface area contributed by atoms with E-state index in [2.05, 4.69) is 36.3 Å². The number of aryl methyl sites for hydroxylation is 1. The van der Waals surface area contributed by atoms with Crippen LogP contribution in [0.2, 0.25) is 0 Å². The molecule has 0 bridgehead atoms. The molecule has 0 saturated carbocycles. The summed E-state index contributed by atoms with van der Waals surface area (Å²) in [6.07, 6.45) is 0. The standard InChI is InChI=1S/C25H27N5O2/c1-16(18-10-7-6-8-11-18)26-23(31)19-12-9-13-20(14-19)30-22(25(3,4)5)15-21(29-30)24-28-27-17(2)32-24/h6-16H,1-5H3,(H,26,31)/t16-/m1/s1. The van der Waals surface area contributed by atoms with E-state index in [-0.39, 0.29) is 17.4 Å². The number of carbonyl (C=O) groups excluding carboxylic acids is 1. The highest BCUT2D eigenvalue weighted by Gasteiger charge is 2.24. The Morgan fingerprint density at radius 3 is 2.44 bits per heavy atom. The van der Waals surface area contributed by atoms with Gasteiger partial charge in [0.25, 0.3) is 11.8 Å². The van der Waals surface area contributed by atoms with Crippen molar-refractivity contribution in [3.63, 3.8) is 0 Å². The summed E-state index contributed by atoms with van der Waals surface area (Å²) in [6, 6.07) is 19.2.